The second-order valence-electron chi connectivity index (χ2n) is 4.75. The number of nitrogens with zero attached hydrogens (tertiary/aromatic N) is 2. The molecule has 2 N–H and O–H groups in total. The Balaban J connectivity index is 2.54. The van der Waals surface area contributed by atoms with Crippen molar-refractivity contribution in [1.29, 1.82) is 0 Å². The molecule has 1 radical (unpaired) electrons. The van der Waals surface area contributed by atoms with Crippen molar-refractivity contribution >= 4 is 12.0 Å². The van der Waals surface area contributed by atoms with Crippen LogP contribution in [0.5, 0.6) is 0 Å². The van der Waals surface area contributed by atoms with Gasteiger partial charge in [0.1, 0.15) is 11.6 Å². The van der Waals surface area contributed by atoms with Gasteiger partial charge < -0.3 is 15.4 Å². The Labute approximate surface area is 95.1 Å². The molecule has 1 atom stereocenters. The van der Waals surface area contributed by atoms with Crippen LogP contribution in [-0.4, -0.2) is 48.2 Å². The van der Waals surface area contributed by atoms with Crippen LogP contribution in [0.4, 0.5) is 4.79 Å². The third-order valence-electron chi connectivity index (χ3n) is 2.09. The van der Waals surface area contributed by atoms with E-state index in [4.69, 9.17) is 10.5 Å². The van der Waals surface area contributed by atoms with Crippen LogP contribution < -0.4 is 11.1 Å². The summed E-state index contributed by atoms with van der Waals surface area (Å²) in [6, 6.07) is -0.610. The van der Waals surface area contributed by atoms with E-state index >= 15 is 0 Å². The Morgan fingerprint density at radius 2 is 2.06 bits per heavy atom. The Morgan fingerprint density at radius 3 is 2.56 bits per heavy atom. The molecule has 6 heteroatoms. The SMILES string of the molecule is CC(C)(C)OC(=O)N1CC[N]C(C(N)=O)C1. The van der Waals surface area contributed by atoms with Crippen LogP contribution in [0.15, 0.2) is 0 Å². The van der Waals surface area contributed by atoms with E-state index in [-0.39, 0.29) is 6.54 Å². The topological polar surface area (TPSA) is 86.7 Å². The summed E-state index contributed by atoms with van der Waals surface area (Å²) < 4.78 is 5.20. The highest BCUT2D eigenvalue weighted by molar-refractivity contribution is 5.81. The lowest BCUT2D eigenvalue weighted by atomic mass is 10.2. The first-order valence-electron chi connectivity index (χ1n) is 5.23. The minimum atomic E-state index is -0.610. The summed E-state index contributed by atoms with van der Waals surface area (Å²) in [5.41, 5.74) is 4.61. The van der Waals surface area contributed by atoms with Crippen LogP contribution >= 0.6 is 0 Å². The first-order valence-corrected chi connectivity index (χ1v) is 5.23. The summed E-state index contributed by atoms with van der Waals surface area (Å²) in [7, 11) is 0. The van der Waals surface area contributed by atoms with Gasteiger partial charge in [0.15, 0.2) is 0 Å². The van der Waals surface area contributed by atoms with Crippen molar-refractivity contribution in [3.8, 4) is 0 Å². The van der Waals surface area contributed by atoms with Gasteiger partial charge in [0, 0.05) is 19.6 Å². The van der Waals surface area contributed by atoms with Crippen LogP contribution in [0.1, 0.15) is 20.8 Å². The molecule has 0 aliphatic carbocycles. The monoisotopic (exact) mass is 228 g/mol. The minimum absolute atomic E-state index is 0.213. The van der Waals surface area contributed by atoms with Crippen LogP contribution in [0.25, 0.3) is 0 Å². The maximum absolute atomic E-state index is 11.7. The summed E-state index contributed by atoms with van der Waals surface area (Å²) >= 11 is 0. The van der Waals surface area contributed by atoms with Crippen LogP contribution in [0.3, 0.4) is 0 Å². The van der Waals surface area contributed by atoms with E-state index in [0.717, 1.165) is 0 Å². The zero-order chi connectivity index (χ0) is 12.3. The van der Waals surface area contributed by atoms with Crippen molar-refractivity contribution < 1.29 is 14.3 Å². The maximum atomic E-state index is 11.7. The van der Waals surface area contributed by atoms with Gasteiger partial charge in [0.05, 0.1) is 0 Å². The summed E-state index contributed by atoms with van der Waals surface area (Å²) in [5, 5.41) is 4.03. The summed E-state index contributed by atoms with van der Waals surface area (Å²) in [5.74, 6) is -0.506. The van der Waals surface area contributed by atoms with Gasteiger partial charge >= 0.3 is 6.09 Å². The lowest BCUT2D eigenvalue weighted by molar-refractivity contribution is -0.121. The first kappa shape index (κ1) is 12.8. The van der Waals surface area contributed by atoms with Crippen molar-refractivity contribution in [3.63, 3.8) is 0 Å². The average Bonchev–Trinajstić information content (AvgIpc) is 2.15. The van der Waals surface area contributed by atoms with E-state index in [1.807, 2.05) is 0 Å². The second kappa shape index (κ2) is 4.69. The fraction of sp³-hybridized carbons (Fsp3) is 0.800. The van der Waals surface area contributed by atoms with Crippen molar-refractivity contribution in [2.75, 3.05) is 19.6 Å². The Morgan fingerprint density at radius 1 is 1.44 bits per heavy atom. The smallest absolute Gasteiger partial charge is 0.410 e. The molecule has 1 rings (SSSR count). The lowest BCUT2D eigenvalue weighted by Gasteiger charge is -2.32. The number of piperazine rings is 1. The second-order valence-corrected chi connectivity index (χ2v) is 4.75. The number of carbonyl (C=O) groups excluding carboxylic acids is 2. The number of rotatable bonds is 1. The molecular formula is C10H18N3O3. The van der Waals surface area contributed by atoms with Crippen molar-refractivity contribution in [3.05, 3.63) is 0 Å². The van der Waals surface area contributed by atoms with E-state index in [1.54, 1.807) is 20.8 Å². The van der Waals surface area contributed by atoms with Gasteiger partial charge in [0.2, 0.25) is 5.91 Å². The van der Waals surface area contributed by atoms with Crippen LogP contribution in [-0.2, 0) is 9.53 Å². The summed E-state index contributed by atoms with van der Waals surface area (Å²) in [6.45, 7) is 6.50. The number of amides is 2. The predicted octanol–water partition coefficient (Wildman–Crippen LogP) is -0.305. The molecule has 1 aliphatic heterocycles. The van der Waals surface area contributed by atoms with E-state index in [0.29, 0.717) is 13.1 Å². The number of hydrogen-bond acceptors (Lipinski definition) is 3. The molecule has 1 unspecified atom stereocenters. The standard InChI is InChI=1S/C10H18N3O3/c1-10(2,3)16-9(15)13-5-4-12-7(6-13)8(11)14/h7H,4-6H2,1-3H3,(H2,11,14). The number of carbonyl (C=O) groups is 2. The Kier molecular flexibility index (Phi) is 3.74. The van der Waals surface area contributed by atoms with Gasteiger partial charge in [0.25, 0.3) is 0 Å². The molecule has 0 saturated carbocycles. The highest BCUT2D eigenvalue weighted by atomic mass is 16.6. The Hall–Kier alpha value is -1.30. The third kappa shape index (κ3) is 3.69. The Bertz CT molecular complexity index is 286. The molecule has 0 bridgehead atoms. The van der Waals surface area contributed by atoms with E-state index in [1.165, 1.54) is 4.90 Å². The molecule has 0 aromatic carbocycles. The summed E-state index contributed by atoms with van der Waals surface area (Å²) in [6.07, 6.45) is -0.423. The van der Waals surface area contributed by atoms with Gasteiger partial charge in [-0.3, -0.25) is 4.79 Å². The van der Waals surface area contributed by atoms with E-state index in [9.17, 15) is 9.59 Å². The fourth-order valence-corrected chi connectivity index (χ4v) is 1.36. The lowest BCUT2D eigenvalue weighted by Crippen LogP contribution is -2.55. The van der Waals surface area contributed by atoms with Crippen molar-refractivity contribution in [2.45, 2.75) is 32.4 Å². The normalized spacial score (nSPS) is 21.7. The van der Waals surface area contributed by atoms with Crippen LogP contribution in [0, 0.1) is 0 Å². The number of hydrogen-bond donors (Lipinski definition) is 1. The van der Waals surface area contributed by atoms with E-state index in [2.05, 4.69) is 5.32 Å². The quantitative estimate of drug-likeness (QED) is 0.668. The maximum Gasteiger partial charge on any atom is 0.410 e. The molecule has 1 fully saturated rings. The molecular weight excluding hydrogens is 210 g/mol. The van der Waals surface area contributed by atoms with Gasteiger partial charge in [-0.1, -0.05) is 0 Å². The van der Waals surface area contributed by atoms with Crippen LogP contribution in [0.2, 0.25) is 0 Å². The number of primary amides is 1. The third-order valence-corrected chi connectivity index (χ3v) is 2.09. The molecule has 1 saturated heterocycles. The van der Waals surface area contributed by atoms with Gasteiger partial charge in [-0.2, -0.15) is 0 Å². The van der Waals surface area contributed by atoms with Crippen molar-refractivity contribution in [1.82, 2.24) is 10.2 Å². The molecule has 2 amide bonds. The van der Waals surface area contributed by atoms with E-state index < -0.39 is 23.6 Å². The molecule has 16 heavy (non-hydrogen) atoms. The van der Waals surface area contributed by atoms with Gasteiger partial charge in [-0.05, 0) is 20.8 Å². The minimum Gasteiger partial charge on any atom is -0.444 e. The zero-order valence-corrected chi connectivity index (χ0v) is 9.90. The molecule has 1 aliphatic rings. The number of ether oxygens (including phenoxy) is 1. The molecule has 91 valence electrons. The van der Waals surface area contributed by atoms with Gasteiger partial charge in [-0.25, -0.2) is 10.1 Å². The van der Waals surface area contributed by atoms with Gasteiger partial charge in [-0.15, -0.1) is 0 Å². The summed E-state index contributed by atoms with van der Waals surface area (Å²) in [4.78, 5) is 24.1. The predicted molar refractivity (Wildman–Crippen MR) is 57.8 cm³/mol. The molecule has 1 heterocycles. The molecule has 6 nitrogen and oxygen atoms in total. The largest absolute Gasteiger partial charge is 0.444 e. The molecule has 0 spiro atoms. The average molecular weight is 228 g/mol. The van der Waals surface area contributed by atoms with Crippen molar-refractivity contribution in [2.24, 2.45) is 5.73 Å². The molecule has 0 aromatic rings. The highest BCUT2D eigenvalue weighted by Gasteiger charge is 2.30. The zero-order valence-electron chi connectivity index (χ0n) is 9.90. The highest BCUT2D eigenvalue weighted by Crippen LogP contribution is 2.11. The molecule has 0 aromatic heterocycles. The first-order chi connectivity index (χ1) is 7.29. The number of nitrogens with two attached hydrogens (primary N) is 1. The fourth-order valence-electron chi connectivity index (χ4n) is 1.36.